The lowest BCUT2D eigenvalue weighted by atomic mass is 10.3. The largest absolute Gasteiger partial charge is 0.394 e. The highest BCUT2D eigenvalue weighted by Crippen LogP contribution is 2.28. The van der Waals surface area contributed by atoms with Gasteiger partial charge >= 0.3 is 0 Å². The highest BCUT2D eigenvalue weighted by molar-refractivity contribution is 7.99. The number of nitrogens with zero attached hydrogens (tertiary/aromatic N) is 1. The zero-order chi connectivity index (χ0) is 13.5. The number of hydrogen-bond donors (Lipinski definition) is 3. The molecule has 0 aliphatic heterocycles. The Labute approximate surface area is 109 Å². The summed E-state index contributed by atoms with van der Waals surface area (Å²) in [5.74, 6) is 0.295. The van der Waals surface area contributed by atoms with Gasteiger partial charge in [0, 0.05) is 35.0 Å². The van der Waals surface area contributed by atoms with Crippen molar-refractivity contribution in [3.05, 3.63) is 28.3 Å². The molecule has 0 radical (unpaired) electrons. The summed E-state index contributed by atoms with van der Waals surface area (Å²) in [6.45, 7) is 2.26. The van der Waals surface area contributed by atoms with Crippen molar-refractivity contribution in [3.8, 4) is 0 Å². The number of nitro groups is 1. The van der Waals surface area contributed by atoms with Crippen molar-refractivity contribution in [2.24, 2.45) is 0 Å². The Kier molecular flexibility index (Phi) is 5.90. The predicted molar refractivity (Wildman–Crippen MR) is 71.1 cm³/mol. The highest BCUT2D eigenvalue weighted by Gasteiger charge is 2.11. The van der Waals surface area contributed by atoms with Gasteiger partial charge < -0.3 is 15.5 Å². The summed E-state index contributed by atoms with van der Waals surface area (Å²) >= 11 is 1.27. The van der Waals surface area contributed by atoms with Crippen LogP contribution in [0, 0.1) is 10.1 Å². The molecule has 0 bridgehead atoms. The number of aliphatic hydroxyl groups excluding tert-OH is 2. The molecule has 6 nitrogen and oxygen atoms in total. The van der Waals surface area contributed by atoms with Crippen molar-refractivity contribution < 1.29 is 15.1 Å². The van der Waals surface area contributed by atoms with Gasteiger partial charge in [0.05, 0.1) is 17.6 Å². The van der Waals surface area contributed by atoms with Crippen LogP contribution in [0.15, 0.2) is 23.1 Å². The van der Waals surface area contributed by atoms with Crippen LogP contribution < -0.4 is 5.32 Å². The van der Waals surface area contributed by atoms with Crippen molar-refractivity contribution in [2.75, 3.05) is 24.2 Å². The van der Waals surface area contributed by atoms with Gasteiger partial charge in [-0.25, -0.2) is 0 Å². The monoisotopic (exact) mass is 272 g/mol. The predicted octanol–water partition coefficient (Wildman–Crippen LogP) is 1.47. The van der Waals surface area contributed by atoms with Crippen LogP contribution in [0.2, 0.25) is 0 Å². The molecule has 0 saturated carbocycles. The summed E-state index contributed by atoms with van der Waals surface area (Å²) < 4.78 is 0. The smallest absolute Gasteiger partial charge is 0.272 e. The minimum absolute atomic E-state index is 0.00874. The minimum Gasteiger partial charge on any atom is -0.394 e. The quantitative estimate of drug-likeness (QED) is 0.395. The fraction of sp³-hybridized carbons (Fsp3) is 0.455. The zero-order valence-corrected chi connectivity index (χ0v) is 10.8. The second-order valence-corrected chi connectivity index (χ2v) is 4.74. The average Bonchev–Trinajstić information content (AvgIpc) is 2.36. The number of rotatable bonds is 7. The Hall–Kier alpha value is -1.31. The number of benzene rings is 1. The Bertz CT molecular complexity index is 414. The molecule has 0 fully saturated rings. The third kappa shape index (κ3) is 4.52. The molecular formula is C11H16N2O4S. The first-order valence-corrected chi connectivity index (χ1v) is 6.50. The zero-order valence-electron chi connectivity index (χ0n) is 10.00. The normalized spacial score (nSPS) is 12.2. The molecule has 0 spiro atoms. The van der Waals surface area contributed by atoms with E-state index in [-0.39, 0.29) is 12.3 Å². The first-order chi connectivity index (χ1) is 8.56. The molecule has 1 aromatic carbocycles. The Morgan fingerprint density at radius 3 is 2.78 bits per heavy atom. The van der Waals surface area contributed by atoms with E-state index >= 15 is 0 Å². The Morgan fingerprint density at radius 2 is 2.22 bits per heavy atom. The molecule has 0 aliphatic rings. The van der Waals surface area contributed by atoms with Crippen molar-refractivity contribution >= 4 is 23.1 Å². The van der Waals surface area contributed by atoms with E-state index in [1.54, 1.807) is 6.07 Å². The minimum atomic E-state index is -0.822. The second kappa shape index (κ2) is 7.20. The van der Waals surface area contributed by atoms with Crippen molar-refractivity contribution in [3.63, 3.8) is 0 Å². The number of anilines is 1. The van der Waals surface area contributed by atoms with Crippen molar-refractivity contribution in [1.29, 1.82) is 0 Å². The lowest BCUT2D eigenvalue weighted by Gasteiger charge is -2.09. The molecule has 0 aliphatic carbocycles. The van der Waals surface area contributed by atoms with Gasteiger partial charge in [0.1, 0.15) is 0 Å². The van der Waals surface area contributed by atoms with E-state index in [4.69, 9.17) is 5.11 Å². The second-order valence-electron chi connectivity index (χ2n) is 3.65. The SMILES string of the molecule is CCNc1cc(SCC(O)CO)cc([N+](=O)[O-])c1. The van der Waals surface area contributed by atoms with Gasteiger partial charge in [-0.3, -0.25) is 10.1 Å². The van der Waals surface area contributed by atoms with Gasteiger partial charge in [0.15, 0.2) is 0 Å². The maximum absolute atomic E-state index is 10.8. The first kappa shape index (κ1) is 14.7. The number of aliphatic hydroxyl groups is 2. The van der Waals surface area contributed by atoms with Gasteiger partial charge in [-0.05, 0) is 13.0 Å². The van der Waals surface area contributed by atoms with E-state index < -0.39 is 11.0 Å². The third-order valence-corrected chi connectivity index (χ3v) is 3.26. The van der Waals surface area contributed by atoms with Crippen LogP contribution in [0.1, 0.15) is 6.92 Å². The molecule has 0 saturated heterocycles. The lowest BCUT2D eigenvalue weighted by molar-refractivity contribution is -0.385. The van der Waals surface area contributed by atoms with Crippen LogP contribution >= 0.6 is 11.8 Å². The molecular weight excluding hydrogens is 256 g/mol. The molecule has 0 heterocycles. The van der Waals surface area contributed by atoms with E-state index in [1.165, 1.54) is 23.9 Å². The van der Waals surface area contributed by atoms with E-state index in [0.717, 1.165) is 0 Å². The topological polar surface area (TPSA) is 95.6 Å². The number of nitro benzene ring substituents is 1. The molecule has 100 valence electrons. The lowest BCUT2D eigenvalue weighted by Crippen LogP contribution is -2.14. The molecule has 3 N–H and O–H groups in total. The van der Waals surface area contributed by atoms with Crippen LogP contribution in [0.25, 0.3) is 0 Å². The van der Waals surface area contributed by atoms with Crippen molar-refractivity contribution in [2.45, 2.75) is 17.9 Å². The highest BCUT2D eigenvalue weighted by atomic mass is 32.2. The molecule has 0 aromatic heterocycles. The van der Waals surface area contributed by atoms with Gasteiger partial charge in [-0.1, -0.05) is 0 Å². The standard InChI is InChI=1S/C11H16N2O4S/c1-2-12-8-3-9(13(16)17)5-11(4-8)18-7-10(15)6-14/h3-5,10,12,14-15H,2,6-7H2,1H3. The summed E-state index contributed by atoms with van der Waals surface area (Å²) in [5, 5.41) is 31.8. The number of thioether (sulfide) groups is 1. The average molecular weight is 272 g/mol. The molecule has 1 rings (SSSR count). The van der Waals surface area contributed by atoms with Gasteiger partial charge in [-0.15, -0.1) is 11.8 Å². The molecule has 7 heteroatoms. The van der Waals surface area contributed by atoms with Gasteiger partial charge in [0.25, 0.3) is 5.69 Å². The van der Waals surface area contributed by atoms with Crippen molar-refractivity contribution in [1.82, 2.24) is 0 Å². The fourth-order valence-electron chi connectivity index (χ4n) is 1.32. The van der Waals surface area contributed by atoms with Crippen LogP contribution in [0.5, 0.6) is 0 Å². The molecule has 1 unspecified atom stereocenters. The summed E-state index contributed by atoms with van der Waals surface area (Å²) in [6, 6.07) is 4.71. The maximum atomic E-state index is 10.8. The molecule has 18 heavy (non-hydrogen) atoms. The van der Waals surface area contributed by atoms with Crippen LogP contribution in [0.4, 0.5) is 11.4 Å². The molecule has 0 amide bonds. The number of nitrogens with one attached hydrogen (secondary N) is 1. The maximum Gasteiger partial charge on any atom is 0.272 e. The third-order valence-electron chi connectivity index (χ3n) is 2.14. The molecule has 1 aromatic rings. The Morgan fingerprint density at radius 1 is 1.50 bits per heavy atom. The van der Waals surface area contributed by atoms with Gasteiger partial charge in [0.2, 0.25) is 0 Å². The fourth-order valence-corrected chi connectivity index (χ4v) is 2.23. The summed E-state index contributed by atoms with van der Waals surface area (Å²) in [6.07, 6.45) is -0.822. The van der Waals surface area contributed by atoms with Crippen LogP contribution in [0.3, 0.4) is 0 Å². The molecule has 1 atom stereocenters. The van der Waals surface area contributed by atoms with Crippen LogP contribution in [-0.2, 0) is 0 Å². The summed E-state index contributed by atoms with van der Waals surface area (Å²) in [7, 11) is 0. The Balaban J connectivity index is 2.85. The van der Waals surface area contributed by atoms with E-state index in [0.29, 0.717) is 22.9 Å². The van der Waals surface area contributed by atoms with E-state index in [9.17, 15) is 15.2 Å². The number of hydrogen-bond acceptors (Lipinski definition) is 6. The summed E-state index contributed by atoms with van der Waals surface area (Å²) in [5.41, 5.74) is 0.683. The number of non-ortho nitro benzene ring substituents is 1. The van der Waals surface area contributed by atoms with Gasteiger partial charge in [-0.2, -0.15) is 0 Å². The first-order valence-electron chi connectivity index (χ1n) is 5.52. The van der Waals surface area contributed by atoms with E-state index in [1.807, 2.05) is 6.92 Å². The van der Waals surface area contributed by atoms with E-state index in [2.05, 4.69) is 5.32 Å². The summed E-state index contributed by atoms with van der Waals surface area (Å²) in [4.78, 5) is 11.0. The van der Waals surface area contributed by atoms with Crippen LogP contribution in [-0.4, -0.2) is 40.1 Å².